The Bertz CT molecular complexity index is 731. The van der Waals surface area contributed by atoms with Crippen molar-refractivity contribution in [3.8, 4) is 11.5 Å². The summed E-state index contributed by atoms with van der Waals surface area (Å²) < 4.78 is 11.1. The highest BCUT2D eigenvalue weighted by atomic mass is 16.6. The van der Waals surface area contributed by atoms with Crippen molar-refractivity contribution in [3.05, 3.63) is 35.7 Å². The van der Waals surface area contributed by atoms with E-state index in [0.29, 0.717) is 28.8 Å². The first-order valence-electron chi connectivity index (χ1n) is 7.52. The van der Waals surface area contributed by atoms with Crippen molar-refractivity contribution in [2.45, 2.75) is 40.2 Å². The summed E-state index contributed by atoms with van der Waals surface area (Å²) in [6.45, 7) is 9.08. The van der Waals surface area contributed by atoms with Gasteiger partial charge in [-0.05, 0) is 52.3 Å². The fraction of sp³-hybridized carbons (Fsp3) is 0.353. The van der Waals surface area contributed by atoms with E-state index in [1.807, 2.05) is 13.8 Å². The molecule has 24 heavy (non-hydrogen) atoms. The van der Waals surface area contributed by atoms with Crippen LogP contribution in [0.25, 0.3) is 0 Å². The summed E-state index contributed by atoms with van der Waals surface area (Å²) >= 11 is 0. The molecule has 0 spiro atoms. The molecule has 2 aromatic heterocycles. The topological polar surface area (TPSA) is 99.4 Å². The van der Waals surface area contributed by atoms with Gasteiger partial charge in [0.15, 0.2) is 5.75 Å². The molecule has 0 saturated heterocycles. The first-order valence-corrected chi connectivity index (χ1v) is 7.52. The maximum absolute atomic E-state index is 11.8. The molecule has 0 aliphatic carbocycles. The van der Waals surface area contributed by atoms with Crippen molar-refractivity contribution in [2.75, 3.05) is 11.1 Å². The van der Waals surface area contributed by atoms with Crippen molar-refractivity contribution in [1.29, 1.82) is 0 Å². The Morgan fingerprint density at radius 2 is 1.96 bits per heavy atom. The van der Waals surface area contributed by atoms with E-state index in [2.05, 4.69) is 15.3 Å². The van der Waals surface area contributed by atoms with Crippen LogP contribution in [0.1, 0.15) is 32.0 Å². The zero-order valence-electron chi connectivity index (χ0n) is 14.5. The Morgan fingerprint density at radius 3 is 2.58 bits per heavy atom. The third kappa shape index (κ3) is 4.84. The number of nitrogens with one attached hydrogen (secondary N) is 1. The second kappa shape index (κ2) is 6.74. The number of hydrogen-bond acceptors (Lipinski definition) is 6. The second-order valence-corrected chi connectivity index (χ2v) is 6.38. The molecule has 0 aromatic carbocycles. The number of nitrogens with two attached hydrogens (primary N) is 1. The summed E-state index contributed by atoms with van der Waals surface area (Å²) in [6.07, 6.45) is 0.964. The highest BCUT2D eigenvalue weighted by Crippen LogP contribution is 2.29. The highest BCUT2D eigenvalue weighted by molar-refractivity contribution is 5.83. The van der Waals surface area contributed by atoms with Gasteiger partial charge in [-0.25, -0.2) is 14.8 Å². The largest absolute Gasteiger partial charge is 0.455 e. The number of nitrogens with zero attached hydrogens (tertiary/aromatic N) is 2. The number of pyridine rings is 2. The van der Waals surface area contributed by atoms with Gasteiger partial charge in [-0.1, -0.05) is 0 Å². The SMILES string of the molecule is Cc1cc(N)nc(C)c1Oc1ccnc(NC(=O)OC(C)(C)C)c1. The van der Waals surface area contributed by atoms with Crippen LogP contribution in [0.3, 0.4) is 0 Å². The van der Waals surface area contributed by atoms with Gasteiger partial charge in [-0.3, -0.25) is 5.32 Å². The van der Waals surface area contributed by atoms with E-state index in [9.17, 15) is 4.79 Å². The molecule has 2 rings (SSSR count). The highest BCUT2D eigenvalue weighted by Gasteiger charge is 2.17. The second-order valence-electron chi connectivity index (χ2n) is 6.38. The maximum atomic E-state index is 11.8. The van der Waals surface area contributed by atoms with E-state index in [1.165, 1.54) is 6.20 Å². The normalized spacial score (nSPS) is 11.0. The van der Waals surface area contributed by atoms with E-state index in [4.69, 9.17) is 15.2 Å². The van der Waals surface area contributed by atoms with Crippen LogP contribution in [0.5, 0.6) is 11.5 Å². The summed E-state index contributed by atoms with van der Waals surface area (Å²) in [5.74, 6) is 1.92. The van der Waals surface area contributed by atoms with E-state index < -0.39 is 11.7 Å². The van der Waals surface area contributed by atoms with Crippen LogP contribution in [0.4, 0.5) is 16.4 Å². The smallest absolute Gasteiger partial charge is 0.413 e. The molecule has 2 heterocycles. The number of anilines is 2. The number of carbonyl (C=O) groups excluding carboxylic acids is 1. The van der Waals surface area contributed by atoms with Gasteiger partial charge in [0.25, 0.3) is 0 Å². The lowest BCUT2D eigenvalue weighted by Gasteiger charge is -2.19. The van der Waals surface area contributed by atoms with Crippen molar-refractivity contribution < 1.29 is 14.3 Å². The first-order chi connectivity index (χ1) is 11.1. The molecule has 128 valence electrons. The molecule has 2 aromatic rings. The summed E-state index contributed by atoms with van der Waals surface area (Å²) in [7, 11) is 0. The molecular weight excluding hydrogens is 308 g/mol. The number of aryl methyl sites for hydroxylation is 2. The molecule has 7 nitrogen and oxygen atoms in total. The average molecular weight is 330 g/mol. The van der Waals surface area contributed by atoms with E-state index in [0.717, 1.165) is 5.56 Å². The van der Waals surface area contributed by atoms with Crippen molar-refractivity contribution in [3.63, 3.8) is 0 Å². The number of carbonyl (C=O) groups is 1. The Balaban J connectivity index is 2.15. The fourth-order valence-electron chi connectivity index (χ4n) is 2.07. The van der Waals surface area contributed by atoms with Crippen LogP contribution in [-0.2, 0) is 4.74 Å². The van der Waals surface area contributed by atoms with Crippen LogP contribution >= 0.6 is 0 Å². The Kier molecular flexibility index (Phi) is 4.92. The Labute approximate surface area is 141 Å². The molecule has 0 bridgehead atoms. The Hall–Kier alpha value is -2.83. The molecule has 0 fully saturated rings. The van der Waals surface area contributed by atoms with Crippen LogP contribution in [0, 0.1) is 13.8 Å². The Morgan fingerprint density at radius 1 is 1.25 bits per heavy atom. The minimum Gasteiger partial charge on any atom is -0.455 e. The van der Waals surface area contributed by atoms with Gasteiger partial charge in [-0.15, -0.1) is 0 Å². The summed E-state index contributed by atoms with van der Waals surface area (Å²) in [4.78, 5) is 20.1. The van der Waals surface area contributed by atoms with Crippen LogP contribution in [0.2, 0.25) is 0 Å². The number of hydrogen-bond donors (Lipinski definition) is 2. The molecule has 0 saturated carbocycles. The van der Waals surface area contributed by atoms with Gasteiger partial charge in [0.1, 0.15) is 23.0 Å². The minimum atomic E-state index is -0.581. The lowest BCUT2D eigenvalue weighted by molar-refractivity contribution is 0.0635. The molecule has 0 aliphatic heterocycles. The summed E-state index contributed by atoms with van der Waals surface area (Å²) in [5, 5.41) is 2.58. The summed E-state index contributed by atoms with van der Waals surface area (Å²) in [5.41, 5.74) is 6.69. The molecule has 7 heteroatoms. The predicted octanol–water partition coefficient (Wildman–Crippen LogP) is 3.81. The number of aromatic nitrogens is 2. The van der Waals surface area contributed by atoms with Gasteiger partial charge in [0.05, 0.1) is 5.69 Å². The molecule has 3 N–H and O–H groups in total. The van der Waals surface area contributed by atoms with Gasteiger partial charge < -0.3 is 15.2 Å². The van der Waals surface area contributed by atoms with E-state index in [1.54, 1.807) is 39.0 Å². The molecule has 0 unspecified atom stereocenters. The lowest BCUT2D eigenvalue weighted by Crippen LogP contribution is -2.27. The molecule has 1 amide bonds. The fourth-order valence-corrected chi connectivity index (χ4v) is 2.07. The quantitative estimate of drug-likeness (QED) is 0.887. The molecule has 0 radical (unpaired) electrons. The number of rotatable bonds is 3. The molecular formula is C17H22N4O3. The van der Waals surface area contributed by atoms with E-state index in [-0.39, 0.29) is 0 Å². The molecule has 0 aliphatic rings. The third-order valence-electron chi connectivity index (χ3n) is 2.93. The molecule has 0 atom stereocenters. The van der Waals surface area contributed by atoms with Crippen molar-refractivity contribution >= 4 is 17.7 Å². The number of ether oxygens (including phenoxy) is 2. The summed E-state index contributed by atoms with van der Waals surface area (Å²) in [6, 6.07) is 5.04. The zero-order valence-corrected chi connectivity index (χ0v) is 14.5. The lowest BCUT2D eigenvalue weighted by atomic mass is 10.2. The maximum Gasteiger partial charge on any atom is 0.413 e. The standard InChI is InChI=1S/C17H22N4O3/c1-10-8-13(18)20-11(2)15(10)23-12-6-7-19-14(9-12)21-16(22)24-17(3,4)5/h6-9H,1-5H3,(H2,18,20)(H,19,21,22). The number of amides is 1. The minimum absolute atomic E-state index is 0.334. The third-order valence-corrected chi connectivity index (χ3v) is 2.93. The number of nitrogen functional groups attached to an aromatic ring is 1. The van der Waals surface area contributed by atoms with Crippen molar-refractivity contribution in [2.24, 2.45) is 0 Å². The van der Waals surface area contributed by atoms with Crippen LogP contribution in [-0.4, -0.2) is 21.7 Å². The van der Waals surface area contributed by atoms with Gasteiger partial charge in [0.2, 0.25) is 0 Å². The monoisotopic (exact) mass is 330 g/mol. The predicted molar refractivity (Wildman–Crippen MR) is 92.3 cm³/mol. The van der Waals surface area contributed by atoms with Crippen molar-refractivity contribution in [1.82, 2.24) is 9.97 Å². The van der Waals surface area contributed by atoms with Gasteiger partial charge >= 0.3 is 6.09 Å². The van der Waals surface area contributed by atoms with E-state index >= 15 is 0 Å². The van der Waals surface area contributed by atoms with Crippen LogP contribution in [0.15, 0.2) is 24.4 Å². The average Bonchev–Trinajstić information content (AvgIpc) is 2.41. The van der Waals surface area contributed by atoms with Gasteiger partial charge in [0, 0.05) is 12.3 Å². The zero-order chi connectivity index (χ0) is 17.9. The van der Waals surface area contributed by atoms with Crippen LogP contribution < -0.4 is 15.8 Å². The van der Waals surface area contributed by atoms with Gasteiger partial charge in [-0.2, -0.15) is 0 Å². The first kappa shape index (κ1) is 17.5.